The molecule has 0 aromatic carbocycles. The quantitative estimate of drug-likeness (QED) is 0.743. The Kier molecular flexibility index (Phi) is 2.84. The van der Waals surface area contributed by atoms with Crippen molar-refractivity contribution < 1.29 is 4.79 Å². The van der Waals surface area contributed by atoms with Crippen LogP contribution in [-0.2, 0) is 4.79 Å². The molecule has 0 saturated heterocycles. The smallest absolute Gasteiger partial charge is 0.135 e. The monoisotopic (exact) mass is 207 g/mol. The topological polar surface area (TPSA) is 47.8 Å². The molecule has 2 rings (SSSR count). The van der Waals surface area contributed by atoms with E-state index in [1.165, 1.54) is 0 Å². The molecule has 2 atom stereocenters. The van der Waals surface area contributed by atoms with Gasteiger partial charge in [0.15, 0.2) is 0 Å². The molecular formula is C11H17N3O. The second-order valence-corrected chi connectivity index (χ2v) is 4.64. The normalized spacial score (nSPS) is 27.3. The summed E-state index contributed by atoms with van der Waals surface area (Å²) in [6, 6.07) is 0.216. The van der Waals surface area contributed by atoms with Crippen molar-refractivity contribution >= 4 is 5.78 Å². The second kappa shape index (κ2) is 4.13. The molecule has 0 amide bonds. The first-order valence-electron chi connectivity index (χ1n) is 5.56. The van der Waals surface area contributed by atoms with Crippen LogP contribution in [0.1, 0.15) is 39.2 Å². The average Bonchev–Trinajstić information content (AvgIpc) is 2.69. The number of nitrogens with zero attached hydrogens (tertiary/aromatic N) is 3. The van der Waals surface area contributed by atoms with Crippen LogP contribution < -0.4 is 0 Å². The van der Waals surface area contributed by atoms with Crippen LogP contribution in [0.15, 0.2) is 12.4 Å². The van der Waals surface area contributed by atoms with Crippen LogP contribution in [0.25, 0.3) is 0 Å². The first kappa shape index (κ1) is 10.3. The van der Waals surface area contributed by atoms with Crippen molar-refractivity contribution in [3.8, 4) is 0 Å². The third-order valence-electron chi connectivity index (χ3n) is 3.32. The zero-order valence-electron chi connectivity index (χ0n) is 9.26. The molecule has 15 heavy (non-hydrogen) atoms. The van der Waals surface area contributed by atoms with Crippen molar-refractivity contribution in [2.75, 3.05) is 0 Å². The molecule has 2 unspecified atom stereocenters. The number of ketones is 1. The van der Waals surface area contributed by atoms with Gasteiger partial charge in [-0.2, -0.15) is 0 Å². The zero-order valence-corrected chi connectivity index (χ0v) is 9.26. The first-order valence-corrected chi connectivity index (χ1v) is 5.56. The highest BCUT2D eigenvalue weighted by molar-refractivity contribution is 5.79. The van der Waals surface area contributed by atoms with Crippen LogP contribution in [0, 0.1) is 11.8 Å². The second-order valence-electron chi connectivity index (χ2n) is 4.64. The van der Waals surface area contributed by atoms with Gasteiger partial charge in [0.05, 0.1) is 12.2 Å². The number of hydrogen-bond acceptors (Lipinski definition) is 3. The van der Waals surface area contributed by atoms with Gasteiger partial charge in [-0.1, -0.05) is 19.1 Å². The molecule has 1 aliphatic rings. The molecule has 1 heterocycles. The number of Topliss-reactive ketones (excluding diaryl/α,β-unsaturated/α-hetero) is 1. The van der Waals surface area contributed by atoms with Gasteiger partial charge in [-0.25, -0.2) is 4.68 Å². The maximum Gasteiger partial charge on any atom is 0.135 e. The Morgan fingerprint density at radius 2 is 2.33 bits per heavy atom. The van der Waals surface area contributed by atoms with Gasteiger partial charge in [-0.3, -0.25) is 4.79 Å². The number of hydrogen-bond donors (Lipinski definition) is 0. The van der Waals surface area contributed by atoms with Crippen molar-refractivity contribution in [1.29, 1.82) is 0 Å². The molecule has 1 aromatic heterocycles. The molecule has 0 spiro atoms. The third kappa shape index (κ3) is 2.08. The molecule has 0 N–H and O–H groups in total. The van der Waals surface area contributed by atoms with E-state index < -0.39 is 0 Å². The standard InChI is InChI=1S/C11H17N3O/c1-8(2)10-4-3-9(15)7-11(10)14-6-5-12-13-14/h5-6,8,10-11H,3-4,7H2,1-2H3. The Bertz CT molecular complexity index is 332. The number of carbonyl (C=O) groups excluding carboxylic acids is 1. The minimum absolute atomic E-state index is 0.216. The van der Waals surface area contributed by atoms with Gasteiger partial charge in [-0.15, -0.1) is 5.10 Å². The minimum Gasteiger partial charge on any atom is -0.300 e. The van der Waals surface area contributed by atoms with E-state index in [-0.39, 0.29) is 6.04 Å². The molecule has 1 fully saturated rings. The van der Waals surface area contributed by atoms with Crippen LogP contribution in [0.5, 0.6) is 0 Å². The maximum absolute atomic E-state index is 11.5. The summed E-state index contributed by atoms with van der Waals surface area (Å²) in [6.07, 6.45) is 5.87. The van der Waals surface area contributed by atoms with Gasteiger partial charge in [0.2, 0.25) is 0 Å². The van der Waals surface area contributed by atoms with Gasteiger partial charge >= 0.3 is 0 Å². The maximum atomic E-state index is 11.5. The molecule has 4 nitrogen and oxygen atoms in total. The highest BCUT2D eigenvalue weighted by Gasteiger charge is 2.32. The summed E-state index contributed by atoms with van der Waals surface area (Å²) in [5, 5.41) is 7.84. The van der Waals surface area contributed by atoms with Crippen LogP contribution >= 0.6 is 0 Å². The Hall–Kier alpha value is -1.19. The molecule has 1 saturated carbocycles. The fourth-order valence-corrected chi connectivity index (χ4v) is 2.47. The minimum atomic E-state index is 0.216. The van der Waals surface area contributed by atoms with Crippen molar-refractivity contribution in [3.63, 3.8) is 0 Å². The lowest BCUT2D eigenvalue weighted by molar-refractivity contribution is -0.123. The predicted octanol–water partition coefficient (Wildman–Crippen LogP) is 1.84. The summed E-state index contributed by atoms with van der Waals surface area (Å²) in [6.45, 7) is 4.43. The number of carbonyl (C=O) groups is 1. The van der Waals surface area contributed by atoms with E-state index in [0.29, 0.717) is 24.0 Å². The van der Waals surface area contributed by atoms with Crippen molar-refractivity contribution in [1.82, 2.24) is 15.0 Å². The summed E-state index contributed by atoms with van der Waals surface area (Å²) in [5.74, 6) is 1.49. The molecule has 0 aliphatic heterocycles. The number of rotatable bonds is 2. The van der Waals surface area contributed by atoms with Crippen molar-refractivity contribution in [2.45, 2.75) is 39.2 Å². The van der Waals surface area contributed by atoms with Crippen molar-refractivity contribution in [2.24, 2.45) is 11.8 Å². The Morgan fingerprint density at radius 1 is 1.53 bits per heavy atom. The highest BCUT2D eigenvalue weighted by Crippen LogP contribution is 2.36. The Labute approximate surface area is 89.7 Å². The van der Waals surface area contributed by atoms with Crippen LogP contribution in [0.4, 0.5) is 0 Å². The van der Waals surface area contributed by atoms with Gasteiger partial charge in [0.25, 0.3) is 0 Å². The van der Waals surface area contributed by atoms with Crippen LogP contribution in [0.3, 0.4) is 0 Å². The lowest BCUT2D eigenvalue weighted by Gasteiger charge is -2.33. The highest BCUT2D eigenvalue weighted by atomic mass is 16.1. The SMILES string of the molecule is CC(C)C1CCC(=O)CC1n1ccnn1. The van der Waals surface area contributed by atoms with Gasteiger partial charge in [0, 0.05) is 19.0 Å². The fraction of sp³-hybridized carbons (Fsp3) is 0.727. The summed E-state index contributed by atoms with van der Waals surface area (Å²) >= 11 is 0. The molecule has 0 radical (unpaired) electrons. The van der Waals surface area contributed by atoms with Gasteiger partial charge < -0.3 is 0 Å². The Morgan fingerprint density at radius 3 is 2.93 bits per heavy atom. The van der Waals surface area contributed by atoms with Crippen LogP contribution in [0.2, 0.25) is 0 Å². The molecular weight excluding hydrogens is 190 g/mol. The zero-order chi connectivity index (χ0) is 10.8. The average molecular weight is 207 g/mol. The summed E-state index contributed by atoms with van der Waals surface area (Å²) in [7, 11) is 0. The van der Waals surface area contributed by atoms with E-state index in [1.807, 2.05) is 10.9 Å². The first-order chi connectivity index (χ1) is 7.18. The predicted molar refractivity (Wildman–Crippen MR) is 56.2 cm³/mol. The van der Waals surface area contributed by atoms with E-state index >= 15 is 0 Å². The molecule has 82 valence electrons. The lowest BCUT2D eigenvalue weighted by atomic mass is 9.77. The van der Waals surface area contributed by atoms with Gasteiger partial charge in [0.1, 0.15) is 5.78 Å². The largest absolute Gasteiger partial charge is 0.300 e. The van der Waals surface area contributed by atoms with Crippen LogP contribution in [-0.4, -0.2) is 20.8 Å². The third-order valence-corrected chi connectivity index (χ3v) is 3.32. The summed E-state index contributed by atoms with van der Waals surface area (Å²) < 4.78 is 1.85. The molecule has 1 aromatic rings. The molecule has 1 aliphatic carbocycles. The van der Waals surface area contributed by atoms with E-state index in [9.17, 15) is 4.79 Å². The summed E-state index contributed by atoms with van der Waals surface area (Å²) in [4.78, 5) is 11.5. The van der Waals surface area contributed by atoms with E-state index in [1.54, 1.807) is 6.20 Å². The summed E-state index contributed by atoms with van der Waals surface area (Å²) in [5.41, 5.74) is 0. The van der Waals surface area contributed by atoms with E-state index in [2.05, 4.69) is 24.2 Å². The van der Waals surface area contributed by atoms with E-state index in [0.717, 1.165) is 12.8 Å². The van der Waals surface area contributed by atoms with Crippen molar-refractivity contribution in [3.05, 3.63) is 12.4 Å². The molecule has 4 heteroatoms. The van der Waals surface area contributed by atoms with E-state index in [4.69, 9.17) is 0 Å². The lowest BCUT2D eigenvalue weighted by Crippen LogP contribution is -2.31. The van der Waals surface area contributed by atoms with Gasteiger partial charge in [-0.05, 0) is 18.3 Å². The Balaban J connectivity index is 2.20. The number of aromatic nitrogens is 3. The molecule has 0 bridgehead atoms. The fourth-order valence-electron chi connectivity index (χ4n) is 2.47.